The number of aromatic nitrogens is 1. The van der Waals surface area contributed by atoms with Crippen molar-refractivity contribution in [3.05, 3.63) is 59.3 Å². The molecule has 1 aliphatic heterocycles. The number of nitrogens with zero attached hydrogens (tertiary/aromatic N) is 1. The van der Waals surface area contributed by atoms with Gasteiger partial charge < -0.3 is 14.5 Å². The van der Waals surface area contributed by atoms with Gasteiger partial charge in [-0.1, -0.05) is 12.1 Å². The molecule has 124 valence electrons. The fourth-order valence-electron chi connectivity index (χ4n) is 3.76. The van der Waals surface area contributed by atoms with Crippen LogP contribution in [0.25, 0.3) is 10.9 Å². The third-order valence-corrected chi connectivity index (χ3v) is 4.98. The first-order valence-electron chi connectivity index (χ1n) is 8.24. The van der Waals surface area contributed by atoms with E-state index in [0.717, 1.165) is 30.0 Å². The molecule has 2 heterocycles. The van der Waals surface area contributed by atoms with Gasteiger partial charge in [-0.15, -0.1) is 0 Å². The van der Waals surface area contributed by atoms with Crippen LogP contribution < -0.4 is 9.47 Å². The molecule has 0 amide bonds. The Morgan fingerprint density at radius 1 is 1.04 bits per heavy atom. The van der Waals surface area contributed by atoms with E-state index in [-0.39, 0.29) is 6.04 Å². The van der Waals surface area contributed by atoms with Crippen molar-refractivity contribution in [1.82, 2.24) is 9.88 Å². The molecule has 0 bridgehead atoms. The zero-order valence-corrected chi connectivity index (χ0v) is 14.3. The minimum absolute atomic E-state index is 0.210. The van der Waals surface area contributed by atoms with Crippen molar-refractivity contribution in [2.75, 3.05) is 27.8 Å². The molecule has 0 radical (unpaired) electrons. The summed E-state index contributed by atoms with van der Waals surface area (Å²) in [6.07, 6.45) is 1.05. The van der Waals surface area contributed by atoms with Crippen LogP contribution in [0.4, 0.5) is 0 Å². The number of hydrogen-bond donors (Lipinski definition) is 1. The van der Waals surface area contributed by atoms with Crippen LogP contribution in [0.2, 0.25) is 0 Å². The number of ether oxygens (including phenoxy) is 2. The molecule has 0 saturated heterocycles. The number of H-pyrrole nitrogens is 1. The summed E-state index contributed by atoms with van der Waals surface area (Å²) >= 11 is 0. The highest BCUT2D eigenvalue weighted by Gasteiger charge is 2.29. The highest BCUT2D eigenvalue weighted by Crippen LogP contribution is 2.39. The van der Waals surface area contributed by atoms with Gasteiger partial charge in [0.25, 0.3) is 0 Å². The molecule has 24 heavy (non-hydrogen) atoms. The van der Waals surface area contributed by atoms with Crippen LogP contribution in [-0.4, -0.2) is 37.7 Å². The fraction of sp³-hybridized carbons (Fsp3) is 0.300. The predicted octanol–water partition coefficient (Wildman–Crippen LogP) is 3.76. The molecule has 4 heteroatoms. The highest BCUT2D eigenvalue weighted by molar-refractivity contribution is 5.86. The Kier molecular flexibility index (Phi) is 3.69. The van der Waals surface area contributed by atoms with Gasteiger partial charge in [0.2, 0.25) is 0 Å². The van der Waals surface area contributed by atoms with Gasteiger partial charge in [-0.25, -0.2) is 0 Å². The second-order valence-corrected chi connectivity index (χ2v) is 6.34. The van der Waals surface area contributed by atoms with Gasteiger partial charge in [-0.3, -0.25) is 4.90 Å². The maximum Gasteiger partial charge on any atom is 0.120 e. The zero-order valence-electron chi connectivity index (χ0n) is 14.3. The standard InChI is InChI=1S/C20H22N2O2/c1-22-10-9-17-16-8-7-15(24-3)12-18(16)21-19(17)20(22)13-5-4-6-14(11-13)23-2/h4-8,11-12,20-21H,9-10H2,1-3H3. The molecule has 0 spiro atoms. The highest BCUT2D eigenvalue weighted by atomic mass is 16.5. The number of rotatable bonds is 3. The van der Waals surface area contributed by atoms with Gasteiger partial charge in [-0.05, 0) is 48.9 Å². The minimum atomic E-state index is 0.210. The predicted molar refractivity (Wildman–Crippen MR) is 96.0 cm³/mol. The van der Waals surface area contributed by atoms with Crippen LogP contribution in [0.1, 0.15) is 22.9 Å². The van der Waals surface area contributed by atoms with E-state index < -0.39 is 0 Å². The van der Waals surface area contributed by atoms with Crippen molar-refractivity contribution in [3.63, 3.8) is 0 Å². The van der Waals surface area contributed by atoms with Crippen LogP contribution in [0.5, 0.6) is 11.5 Å². The Hall–Kier alpha value is -2.46. The molecule has 1 unspecified atom stereocenters. The molecular formula is C20H22N2O2. The lowest BCUT2D eigenvalue weighted by Crippen LogP contribution is -2.32. The van der Waals surface area contributed by atoms with Crippen molar-refractivity contribution in [2.24, 2.45) is 0 Å². The number of likely N-dealkylation sites (N-methyl/N-ethyl adjacent to an activating group) is 1. The normalized spacial score (nSPS) is 17.7. The number of hydrogen-bond acceptors (Lipinski definition) is 3. The summed E-state index contributed by atoms with van der Waals surface area (Å²) in [7, 11) is 5.60. The second-order valence-electron chi connectivity index (χ2n) is 6.34. The molecule has 4 nitrogen and oxygen atoms in total. The average Bonchev–Trinajstić information content (AvgIpc) is 2.98. The lowest BCUT2D eigenvalue weighted by atomic mass is 9.93. The molecule has 1 N–H and O–H groups in total. The van der Waals surface area contributed by atoms with Crippen molar-refractivity contribution in [3.8, 4) is 11.5 Å². The first-order valence-corrected chi connectivity index (χ1v) is 8.24. The third kappa shape index (κ3) is 2.34. The molecular weight excluding hydrogens is 300 g/mol. The van der Waals surface area contributed by atoms with Crippen LogP contribution in [0.3, 0.4) is 0 Å². The summed E-state index contributed by atoms with van der Waals surface area (Å²) in [4.78, 5) is 6.04. The van der Waals surface area contributed by atoms with Crippen LogP contribution in [0.15, 0.2) is 42.5 Å². The Bertz CT molecular complexity index is 884. The first-order chi connectivity index (χ1) is 11.7. The summed E-state index contributed by atoms with van der Waals surface area (Å²) in [5.74, 6) is 1.78. The van der Waals surface area contributed by atoms with Gasteiger partial charge in [0.15, 0.2) is 0 Å². The summed E-state index contributed by atoms with van der Waals surface area (Å²) in [5.41, 5.74) is 5.08. The average molecular weight is 322 g/mol. The number of methoxy groups -OCH3 is 2. The third-order valence-electron chi connectivity index (χ3n) is 4.98. The van der Waals surface area contributed by atoms with Gasteiger partial charge in [0.05, 0.1) is 20.3 Å². The quantitative estimate of drug-likeness (QED) is 0.798. The zero-order chi connectivity index (χ0) is 16.7. The largest absolute Gasteiger partial charge is 0.497 e. The molecule has 0 aliphatic carbocycles. The molecule has 0 saturated carbocycles. The minimum Gasteiger partial charge on any atom is -0.497 e. The van der Waals surface area contributed by atoms with Gasteiger partial charge >= 0.3 is 0 Å². The van der Waals surface area contributed by atoms with Crippen molar-refractivity contribution >= 4 is 10.9 Å². The Labute approximate surface area is 142 Å². The number of nitrogens with one attached hydrogen (secondary N) is 1. The lowest BCUT2D eigenvalue weighted by Gasteiger charge is -2.33. The number of aromatic amines is 1. The van der Waals surface area contributed by atoms with Crippen molar-refractivity contribution in [1.29, 1.82) is 0 Å². The molecule has 4 rings (SSSR count). The van der Waals surface area contributed by atoms with E-state index in [0.29, 0.717) is 0 Å². The van der Waals surface area contributed by atoms with E-state index in [4.69, 9.17) is 9.47 Å². The maximum atomic E-state index is 5.41. The molecule has 1 aliphatic rings. The molecule has 3 aromatic rings. The summed E-state index contributed by atoms with van der Waals surface area (Å²) in [6.45, 7) is 1.04. The Balaban J connectivity index is 1.87. The monoisotopic (exact) mass is 322 g/mol. The molecule has 2 aromatic carbocycles. The van der Waals surface area contributed by atoms with Crippen molar-refractivity contribution < 1.29 is 9.47 Å². The molecule has 1 atom stereocenters. The number of fused-ring (bicyclic) bond motifs is 3. The van der Waals surface area contributed by atoms with Gasteiger partial charge in [0, 0.05) is 29.2 Å². The molecule has 1 aromatic heterocycles. The van der Waals surface area contributed by atoms with Gasteiger partial charge in [-0.2, -0.15) is 0 Å². The lowest BCUT2D eigenvalue weighted by molar-refractivity contribution is 0.261. The van der Waals surface area contributed by atoms with E-state index in [1.807, 2.05) is 12.1 Å². The topological polar surface area (TPSA) is 37.5 Å². The summed E-state index contributed by atoms with van der Waals surface area (Å²) in [6, 6.07) is 14.8. The maximum absolute atomic E-state index is 5.41. The van der Waals surface area contributed by atoms with Crippen molar-refractivity contribution in [2.45, 2.75) is 12.5 Å². The SMILES string of the molecule is COc1cccc(C2c3[nH]c4cc(OC)ccc4c3CCN2C)c1. The van der Waals surface area contributed by atoms with Crippen LogP contribution in [0, 0.1) is 0 Å². The van der Waals surface area contributed by atoms with Crippen LogP contribution >= 0.6 is 0 Å². The van der Waals surface area contributed by atoms with E-state index in [2.05, 4.69) is 47.3 Å². The van der Waals surface area contributed by atoms with E-state index >= 15 is 0 Å². The smallest absolute Gasteiger partial charge is 0.120 e. The van der Waals surface area contributed by atoms with E-state index in [1.165, 1.54) is 22.2 Å². The second kappa shape index (κ2) is 5.87. The first kappa shape index (κ1) is 15.1. The van der Waals surface area contributed by atoms with Gasteiger partial charge in [0.1, 0.15) is 11.5 Å². The number of benzene rings is 2. The van der Waals surface area contributed by atoms with E-state index in [1.54, 1.807) is 14.2 Å². The summed E-state index contributed by atoms with van der Waals surface area (Å²) < 4.78 is 10.8. The fourth-order valence-corrected chi connectivity index (χ4v) is 3.76. The Morgan fingerprint density at radius 2 is 1.83 bits per heavy atom. The molecule has 0 fully saturated rings. The van der Waals surface area contributed by atoms with Crippen LogP contribution in [-0.2, 0) is 6.42 Å². The Morgan fingerprint density at radius 3 is 2.62 bits per heavy atom. The van der Waals surface area contributed by atoms with E-state index in [9.17, 15) is 0 Å². The summed E-state index contributed by atoms with van der Waals surface area (Å²) in [5, 5.41) is 1.30.